The summed E-state index contributed by atoms with van der Waals surface area (Å²) in [5.74, 6) is 4.81. The lowest BCUT2D eigenvalue weighted by atomic mass is 10.0. The van der Waals surface area contributed by atoms with Crippen LogP contribution >= 0.6 is 0 Å². The lowest BCUT2D eigenvalue weighted by molar-refractivity contribution is 0.149. The lowest BCUT2D eigenvalue weighted by Crippen LogP contribution is -2.04. The van der Waals surface area contributed by atoms with E-state index in [-0.39, 0.29) is 0 Å². The Labute approximate surface area is 76.2 Å². The molecule has 4 heteroatoms. The number of hydrogen-bond donors (Lipinski definition) is 1. The highest BCUT2D eigenvalue weighted by molar-refractivity contribution is 6.11. The van der Waals surface area contributed by atoms with Gasteiger partial charge in [0.25, 0.3) is 0 Å². The van der Waals surface area contributed by atoms with Crippen LogP contribution in [0.3, 0.4) is 0 Å². The Morgan fingerprint density at radius 1 is 1.62 bits per heavy atom. The number of hydrogen-bond acceptors (Lipinski definition) is 4. The summed E-state index contributed by atoms with van der Waals surface area (Å²) in [7, 11) is 0. The topological polar surface area (TPSA) is 71.4 Å². The van der Waals surface area contributed by atoms with Gasteiger partial charge in [-0.25, -0.2) is 0 Å². The fourth-order valence-corrected chi connectivity index (χ4v) is 0.995. The van der Waals surface area contributed by atoms with E-state index in [1.807, 2.05) is 19.1 Å². The Hall–Kier alpha value is -1.86. The van der Waals surface area contributed by atoms with Crippen LogP contribution < -0.4 is 5.90 Å². The Bertz CT molecular complexity index is 356. The van der Waals surface area contributed by atoms with Crippen LogP contribution in [0, 0.1) is 11.3 Å². The Morgan fingerprint density at radius 3 is 2.92 bits per heavy atom. The zero-order valence-electron chi connectivity index (χ0n) is 7.19. The van der Waals surface area contributed by atoms with Gasteiger partial charge in [-0.3, -0.25) is 0 Å². The van der Waals surface area contributed by atoms with Gasteiger partial charge in [0.05, 0.1) is 11.6 Å². The van der Waals surface area contributed by atoms with Gasteiger partial charge >= 0.3 is 0 Å². The third kappa shape index (κ3) is 2.04. The van der Waals surface area contributed by atoms with E-state index in [4.69, 9.17) is 11.2 Å². The number of rotatable bonds is 1. The largest absolute Gasteiger partial charge is 0.302 e. The summed E-state index contributed by atoms with van der Waals surface area (Å²) >= 11 is 0. The minimum atomic E-state index is 0.587. The summed E-state index contributed by atoms with van der Waals surface area (Å²) in [6.45, 7) is 1.85. The first-order valence-electron chi connectivity index (χ1n) is 3.72. The van der Waals surface area contributed by atoms with Crippen LogP contribution in [0.15, 0.2) is 40.6 Å². The molecule has 0 saturated carbocycles. The van der Waals surface area contributed by atoms with Crippen molar-refractivity contribution < 1.29 is 4.94 Å². The van der Waals surface area contributed by atoms with Gasteiger partial charge in [-0.15, -0.1) is 5.90 Å². The fraction of sp³-hybridized carbons (Fsp3) is 0.111. The SMILES string of the molecule is C/C=C1/C=C(C#N)C=C/C1=N/ON. The fourth-order valence-electron chi connectivity index (χ4n) is 0.995. The molecule has 1 aliphatic carbocycles. The molecule has 0 aromatic heterocycles. The van der Waals surface area contributed by atoms with Gasteiger partial charge in [0.15, 0.2) is 0 Å². The van der Waals surface area contributed by atoms with E-state index in [9.17, 15) is 0 Å². The van der Waals surface area contributed by atoms with Crippen molar-refractivity contribution in [2.75, 3.05) is 0 Å². The first kappa shape index (κ1) is 9.23. The van der Waals surface area contributed by atoms with Crippen molar-refractivity contribution in [3.05, 3.63) is 35.5 Å². The number of nitrogens with two attached hydrogens (primary N) is 1. The summed E-state index contributed by atoms with van der Waals surface area (Å²) < 4.78 is 0. The molecule has 0 aromatic carbocycles. The minimum absolute atomic E-state index is 0.587. The maximum atomic E-state index is 8.63. The second-order valence-electron chi connectivity index (χ2n) is 2.37. The van der Waals surface area contributed by atoms with E-state index < -0.39 is 0 Å². The van der Waals surface area contributed by atoms with E-state index in [0.717, 1.165) is 5.57 Å². The van der Waals surface area contributed by atoms with Crippen LogP contribution in [0.1, 0.15) is 6.92 Å². The maximum Gasteiger partial charge on any atom is 0.112 e. The van der Waals surface area contributed by atoms with Crippen molar-refractivity contribution in [1.82, 2.24) is 0 Å². The quantitative estimate of drug-likeness (QED) is 0.608. The molecule has 0 spiro atoms. The molecule has 0 atom stereocenters. The van der Waals surface area contributed by atoms with E-state index in [2.05, 4.69) is 10.1 Å². The minimum Gasteiger partial charge on any atom is -0.302 e. The molecule has 4 nitrogen and oxygen atoms in total. The first-order valence-corrected chi connectivity index (χ1v) is 3.72. The smallest absolute Gasteiger partial charge is 0.112 e. The van der Waals surface area contributed by atoms with Crippen molar-refractivity contribution in [2.24, 2.45) is 11.1 Å². The zero-order chi connectivity index (χ0) is 9.68. The average molecular weight is 175 g/mol. The van der Waals surface area contributed by atoms with Gasteiger partial charge in [0, 0.05) is 5.57 Å². The molecule has 1 aliphatic rings. The summed E-state index contributed by atoms with van der Waals surface area (Å²) in [6.07, 6.45) is 6.89. The van der Waals surface area contributed by atoms with Crippen LogP contribution in [-0.2, 0) is 4.94 Å². The molecular weight excluding hydrogens is 166 g/mol. The van der Waals surface area contributed by atoms with Crippen LogP contribution in [0.5, 0.6) is 0 Å². The number of nitriles is 1. The molecule has 0 aliphatic heterocycles. The van der Waals surface area contributed by atoms with E-state index in [1.54, 1.807) is 18.2 Å². The molecule has 13 heavy (non-hydrogen) atoms. The summed E-state index contributed by atoms with van der Waals surface area (Å²) in [5.41, 5.74) is 2.03. The van der Waals surface area contributed by atoms with Crippen molar-refractivity contribution in [1.29, 1.82) is 5.26 Å². The van der Waals surface area contributed by atoms with Crippen LogP contribution in [0.2, 0.25) is 0 Å². The van der Waals surface area contributed by atoms with Crippen molar-refractivity contribution in [3.8, 4) is 6.07 Å². The third-order valence-electron chi connectivity index (χ3n) is 1.62. The van der Waals surface area contributed by atoms with Crippen LogP contribution in [0.25, 0.3) is 0 Å². The highest BCUT2D eigenvalue weighted by atomic mass is 16.7. The van der Waals surface area contributed by atoms with Crippen LogP contribution in [-0.4, -0.2) is 5.71 Å². The van der Waals surface area contributed by atoms with Crippen molar-refractivity contribution >= 4 is 5.71 Å². The second-order valence-corrected chi connectivity index (χ2v) is 2.37. The Kier molecular flexibility index (Phi) is 3.01. The van der Waals surface area contributed by atoms with Gasteiger partial charge in [-0.1, -0.05) is 11.2 Å². The van der Waals surface area contributed by atoms with E-state index in [1.165, 1.54) is 0 Å². The molecule has 0 radical (unpaired) electrons. The standard InChI is InChI=1S/C9H9N3O/c1-2-8-5-7(6-10)3-4-9(8)12-13-11/h2-5H,11H2,1H3/b8-2-,12-9-. The second kappa shape index (κ2) is 4.24. The molecule has 0 aromatic rings. The Morgan fingerprint density at radius 2 is 2.38 bits per heavy atom. The molecule has 0 amide bonds. The van der Waals surface area contributed by atoms with Gasteiger partial charge < -0.3 is 4.94 Å². The van der Waals surface area contributed by atoms with E-state index >= 15 is 0 Å². The summed E-state index contributed by atoms with van der Waals surface area (Å²) in [4.78, 5) is 4.17. The molecule has 0 bridgehead atoms. The molecule has 0 heterocycles. The number of oxime groups is 1. The monoisotopic (exact) mass is 175 g/mol. The molecule has 0 fully saturated rings. The van der Waals surface area contributed by atoms with E-state index in [0.29, 0.717) is 11.3 Å². The van der Waals surface area contributed by atoms with Gasteiger partial charge in [-0.05, 0) is 25.2 Å². The molecule has 66 valence electrons. The predicted octanol–water partition coefficient (Wildman–Crippen LogP) is 1.20. The van der Waals surface area contributed by atoms with Gasteiger partial charge in [0.2, 0.25) is 0 Å². The lowest BCUT2D eigenvalue weighted by Gasteiger charge is -2.05. The predicted molar refractivity (Wildman–Crippen MR) is 49.3 cm³/mol. The van der Waals surface area contributed by atoms with Gasteiger partial charge in [-0.2, -0.15) is 5.26 Å². The van der Waals surface area contributed by atoms with Gasteiger partial charge in [0.1, 0.15) is 5.71 Å². The number of allylic oxidation sites excluding steroid dienone is 6. The third-order valence-corrected chi connectivity index (χ3v) is 1.62. The Balaban J connectivity index is 3.02. The summed E-state index contributed by atoms with van der Waals surface area (Å²) in [5, 5.41) is 12.2. The molecular formula is C9H9N3O. The van der Waals surface area contributed by atoms with Crippen molar-refractivity contribution in [2.45, 2.75) is 6.92 Å². The normalized spacial score (nSPS) is 21.5. The highest BCUT2D eigenvalue weighted by Gasteiger charge is 2.07. The molecule has 1 rings (SSSR count). The average Bonchev–Trinajstić information content (AvgIpc) is 2.19. The first-order chi connectivity index (χ1) is 6.31. The summed E-state index contributed by atoms with van der Waals surface area (Å²) in [6, 6.07) is 2.04. The number of nitrogens with zero attached hydrogens (tertiary/aromatic N) is 2. The highest BCUT2D eigenvalue weighted by Crippen LogP contribution is 2.13. The van der Waals surface area contributed by atoms with Crippen molar-refractivity contribution in [3.63, 3.8) is 0 Å². The maximum absolute atomic E-state index is 8.63. The molecule has 2 N–H and O–H groups in total. The molecule has 0 saturated heterocycles. The zero-order valence-corrected chi connectivity index (χ0v) is 7.19. The van der Waals surface area contributed by atoms with Crippen LogP contribution in [0.4, 0.5) is 0 Å². The molecule has 0 unspecified atom stereocenters.